The summed E-state index contributed by atoms with van der Waals surface area (Å²) in [5, 5.41) is 13.0. The Morgan fingerprint density at radius 2 is 0.900 bits per heavy atom. The normalized spacial score (nSPS) is 13.6. The molecule has 0 spiro atoms. The van der Waals surface area contributed by atoms with Crippen molar-refractivity contribution in [1.82, 2.24) is 0 Å². The first-order chi connectivity index (χ1) is 24.6. The fourth-order valence-corrected chi connectivity index (χ4v) is 10.4. The maximum absolute atomic E-state index is 2.54. The van der Waals surface area contributed by atoms with E-state index in [1.807, 2.05) is 11.3 Å². The lowest BCUT2D eigenvalue weighted by atomic mass is 9.79. The van der Waals surface area contributed by atoms with E-state index >= 15 is 0 Å². The van der Waals surface area contributed by atoms with Crippen LogP contribution in [0.2, 0.25) is 0 Å². The number of hydrogen-bond donors (Lipinski definition) is 0. The number of hydrogen-bond acceptors (Lipinski definition) is 1. The van der Waals surface area contributed by atoms with Gasteiger partial charge in [-0.3, -0.25) is 0 Å². The lowest BCUT2D eigenvalue weighted by Crippen LogP contribution is -2.14. The molecular formula is C49H32S. The fourth-order valence-electron chi connectivity index (χ4n) is 9.13. The van der Waals surface area contributed by atoms with Crippen LogP contribution in [0.15, 0.2) is 158 Å². The molecule has 0 unspecified atom stereocenters. The Balaban J connectivity index is 1.37. The van der Waals surface area contributed by atoms with Gasteiger partial charge in [0.25, 0.3) is 0 Å². The SMILES string of the molecule is CC1(C)c2ccccc2-c2c1cc1c(sc3cc4ccccc4cc31)c2-c1c2ccccc2c(-c2cccc3ccccc23)c2ccccc12. The maximum Gasteiger partial charge on any atom is 0.0440 e. The molecule has 9 aromatic carbocycles. The zero-order valence-electron chi connectivity index (χ0n) is 27.9. The summed E-state index contributed by atoms with van der Waals surface area (Å²) >= 11 is 1.96. The summed E-state index contributed by atoms with van der Waals surface area (Å²) in [5.41, 5.74) is 10.7. The molecule has 0 fully saturated rings. The molecule has 0 bridgehead atoms. The molecule has 0 atom stereocenters. The van der Waals surface area contributed by atoms with E-state index in [4.69, 9.17) is 0 Å². The lowest BCUT2D eigenvalue weighted by Gasteiger charge is -2.23. The number of benzene rings is 9. The van der Waals surface area contributed by atoms with Gasteiger partial charge in [0.1, 0.15) is 0 Å². The molecule has 1 aromatic heterocycles. The molecule has 0 saturated heterocycles. The molecule has 234 valence electrons. The van der Waals surface area contributed by atoms with Gasteiger partial charge in [-0.25, -0.2) is 0 Å². The maximum atomic E-state index is 2.54. The predicted octanol–water partition coefficient (Wildman–Crippen LogP) is 14.3. The van der Waals surface area contributed by atoms with Gasteiger partial charge in [0.05, 0.1) is 0 Å². The summed E-state index contributed by atoms with van der Waals surface area (Å²) in [7, 11) is 0. The molecule has 1 heterocycles. The molecule has 0 amide bonds. The van der Waals surface area contributed by atoms with Gasteiger partial charge in [0.2, 0.25) is 0 Å². The van der Waals surface area contributed by atoms with E-state index < -0.39 is 0 Å². The molecule has 1 heteroatoms. The largest absolute Gasteiger partial charge is 0.134 e. The first-order valence-corrected chi connectivity index (χ1v) is 18.3. The second-order valence-electron chi connectivity index (χ2n) is 14.4. The quantitative estimate of drug-likeness (QED) is 0.163. The molecule has 0 saturated carbocycles. The Morgan fingerprint density at radius 1 is 0.360 bits per heavy atom. The van der Waals surface area contributed by atoms with Gasteiger partial charge in [-0.05, 0) is 100 Å². The zero-order valence-corrected chi connectivity index (χ0v) is 28.7. The molecule has 0 nitrogen and oxygen atoms in total. The van der Waals surface area contributed by atoms with Gasteiger partial charge in [-0.15, -0.1) is 11.3 Å². The van der Waals surface area contributed by atoms with Gasteiger partial charge < -0.3 is 0 Å². The van der Waals surface area contributed by atoms with E-state index in [2.05, 4.69) is 172 Å². The van der Waals surface area contributed by atoms with Crippen LogP contribution in [-0.4, -0.2) is 0 Å². The Labute approximate surface area is 294 Å². The minimum atomic E-state index is -0.130. The highest BCUT2D eigenvalue weighted by Gasteiger charge is 2.39. The highest BCUT2D eigenvalue weighted by atomic mass is 32.1. The van der Waals surface area contributed by atoms with Crippen LogP contribution < -0.4 is 0 Å². The van der Waals surface area contributed by atoms with Crippen molar-refractivity contribution in [3.05, 3.63) is 169 Å². The lowest BCUT2D eigenvalue weighted by molar-refractivity contribution is 0.661. The van der Waals surface area contributed by atoms with Gasteiger partial charge >= 0.3 is 0 Å². The third kappa shape index (κ3) is 3.71. The van der Waals surface area contributed by atoms with Gasteiger partial charge in [0, 0.05) is 31.2 Å². The van der Waals surface area contributed by atoms with Crippen molar-refractivity contribution in [2.24, 2.45) is 0 Å². The first kappa shape index (κ1) is 28.1. The van der Waals surface area contributed by atoms with Crippen molar-refractivity contribution < 1.29 is 0 Å². The van der Waals surface area contributed by atoms with Crippen molar-refractivity contribution >= 4 is 74.6 Å². The van der Waals surface area contributed by atoms with E-state index in [-0.39, 0.29) is 5.41 Å². The van der Waals surface area contributed by atoms with E-state index in [0.29, 0.717) is 0 Å². The van der Waals surface area contributed by atoms with Crippen molar-refractivity contribution in [2.45, 2.75) is 19.3 Å². The average Bonchev–Trinajstić information content (AvgIpc) is 3.63. The molecule has 11 rings (SSSR count). The van der Waals surface area contributed by atoms with E-state index in [9.17, 15) is 0 Å². The monoisotopic (exact) mass is 652 g/mol. The number of rotatable bonds is 2. The molecule has 10 aromatic rings. The predicted molar refractivity (Wildman–Crippen MR) is 218 cm³/mol. The summed E-state index contributed by atoms with van der Waals surface area (Å²) in [6.45, 7) is 4.83. The molecule has 1 aliphatic carbocycles. The van der Waals surface area contributed by atoms with Gasteiger partial charge in [-0.2, -0.15) is 0 Å². The summed E-state index contributed by atoms with van der Waals surface area (Å²) < 4.78 is 2.71. The van der Waals surface area contributed by atoms with Crippen LogP contribution in [0.5, 0.6) is 0 Å². The summed E-state index contributed by atoms with van der Waals surface area (Å²) in [5.74, 6) is 0. The second kappa shape index (κ2) is 10.1. The summed E-state index contributed by atoms with van der Waals surface area (Å²) in [6.07, 6.45) is 0. The molecule has 50 heavy (non-hydrogen) atoms. The highest BCUT2D eigenvalue weighted by Crippen LogP contribution is 2.58. The van der Waals surface area contributed by atoms with Crippen molar-refractivity contribution in [3.63, 3.8) is 0 Å². The number of thiophene rings is 1. The van der Waals surface area contributed by atoms with Crippen LogP contribution in [0.3, 0.4) is 0 Å². The van der Waals surface area contributed by atoms with Crippen molar-refractivity contribution in [1.29, 1.82) is 0 Å². The Hall–Kier alpha value is -5.76. The Bertz CT molecular complexity index is 3000. The van der Waals surface area contributed by atoms with Crippen LogP contribution in [0.1, 0.15) is 25.0 Å². The van der Waals surface area contributed by atoms with Crippen LogP contribution in [0, 0.1) is 0 Å². The van der Waals surface area contributed by atoms with Crippen molar-refractivity contribution in [3.8, 4) is 33.4 Å². The van der Waals surface area contributed by atoms with Crippen LogP contribution in [-0.2, 0) is 5.41 Å². The molecular weight excluding hydrogens is 621 g/mol. The Kier molecular flexibility index (Phi) is 5.70. The standard InChI is InChI=1S/C49H32S/c1-49(2)41-25-12-11-23-38(41)46-42(49)28-40-39-26-30-15-3-4-16-31(30)27-43(39)50-48(40)47(46)45-36-21-9-7-19-34(36)44(35-20-8-10-22-37(35)45)33-24-13-17-29-14-5-6-18-32(29)33/h3-28H,1-2H3. The first-order valence-electron chi connectivity index (χ1n) is 17.5. The highest BCUT2D eigenvalue weighted by molar-refractivity contribution is 7.26. The van der Waals surface area contributed by atoms with E-state index in [1.54, 1.807) is 0 Å². The van der Waals surface area contributed by atoms with Crippen LogP contribution in [0.4, 0.5) is 0 Å². The third-order valence-electron chi connectivity index (χ3n) is 11.4. The van der Waals surface area contributed by atoms with Crippen molar-refractivity contribution in [2.75, 3.05) is 0 Å². The molecule has 0 radical (unpaired) electrons. The van der Waals surface area contributed by atoms with Crippen LogP contribution in [0.25, 0.3) is 96.6 Å². The second-order valence-corrected chi connectivity index (χ2v) is 15.4. The molecule has 0 aliphatic heterocycles. The zero-order chi connectivity index (χ0) is 33.1. The van der Waals surface area contributed by atoms with E-state index in [1.165, 1.54) is 108 Å². The summed E-state index contributed by atoms with van der Waals surface area (Å²) in [4.78, 5) is 0. The topological polar surface area (TPSA) is 0 Å². The fraction of sp³-hybridized carbons (Fsp3) is 0.0612. The smallest absolute Gasteiger partial charge is 0.0440 e. The Morgan fingerprint density at radius 3 is 1.62 bits per heavy atom. The van der Waals surface area contributed by atoms with E-state index in [0.717, 1.165) is 0 Å². The summed E-state index contributed by atoms with van der Waals surface area (Å²) in [6, 6.07) is 59.1. The minimum absolute atomic E-state index is 0.130. The molecule has 0 N–H and O–H groups in total. The average molecular weight is 653 g/mol. The van der Waals surface area contributed by atoms with Gasteiger partial charge in [-0.1, -0.05) is 153 Å². The number of fused-ring (bicyclic) bond motifs is 10. The minimum Gasteiger partial charge on any atom is -0.134 e. The third-order valence-corrected chi connectivity index (χ3v) is 12.6. The van der Waals surface area contributed by atoms with Gasteiger partial charge in [0.15, 0.2) is 0 Å². The van der Waals surface area contributed by atoms with Crippen LogP contribution >= 0.6 is 11.3 Å². The molecule has 1 aliphatic rings.